The molecule has 2 aromatic carbocycles. The minimum atomic E-state index is -0.312. The topological polar surface area (TPSA) is 64.0 Å². The van der Waals surface area contributed by atoms with Crippen LogP contribution < -0.4 is 10.5 Å². The first-order valence-electron chi connectivity index (χ1n) is 8.07. The van der Waals surface area contributed by atoms with E-state index in [0.717, 1.165) is 11.3 Å². The average Bonchev–Trinajstić information content (AvgIpc) is 2.94. The van der Waals surface area contributed by atoms with Gasteiger partial charge in [-0.3, -0.25) is 0 Å². The van der Waals surface area contributed by atoms with Gasteiger partial charge < -0.3 is 15.0 Å². The standard InChI is InChI=1S/C20H17ClFN3O/c21-15-3-1-14(2-4-15)11-20-19(24)12-17(13-23)25(20)9-10-26-18-7-5-16(22)6-8-18/h1-8,12H,9-11,24H2. The second kappa shape index (κ2) is 7.94. The zero-order chi connectivity index (χ0) is 18.5. The highest BCUT2D eigenvalue weighted by Gasteiger charge is 2.14. The predicted molar refractivity (Wildman–Crippen MR) is 99.7 cm³/mol. The summed E-state index contributed by atoms with van der Waals surface area (Å²) < 4.78 is 20.4. The summed E-state index contributed by atoms with van der Waals surface area (Å²) in [5.41, 5.74) is 9.06. The molecule has 0 saturated heterocycles. The lowest BCUT2D eigenvalue weighted by Gasteiger charge is -2.13. The van der Waals surface area contributed by atoms with Crippen molar-refractivity contribution in [2.75, 3.05) is 12.3 Å². The van der Waals surface area contributed by atoms with E-state index < -0.39 is 0 Å². The normalized spacial score (nSPS) is 10.5. The number of nitrogens with zero attached hydrogens (tertiary/aromatic N) is 2. The van der Waals surface area contributed by atoms with E-state index in [9.17, 15) is 9.65 Å². The molecule has 1 heterocycles. The molecule has 0 radical (unpaired) electrons. The number of nitriles is 1. The minimum absolute atomic E-state index is 0.312. The Kier molecular flexibility index (Phi) is 5.45. The van der Waals surface area contributed by atoms with Crippen LogP contribution in [0.15, 0.2) is 54.6 Å². The Labute approximate surface area is 156 Å². The van der Waals surface area contributed by atoms with Gasteiger partial charge in [0, 0.05) is 17.1 Å². The first-order valence-corrected chi connectivity index (χ1v) is 8.45. The molecule has 4 nitrogen and oxygen atoms in total. The summed E-state index contributed by atoms with van der Waals surface area (Å²) in [6.07, 6.45) is 0.585. The van der Waals surface area contributed by atoms with Gasteiger partial charge in [0.25, 0.3) is 0 Å². The maximum Gasteiger partial charge on any atom is 0.123 e. The molecular formula is C20H17ClFN3O. The van der Waals surface area contributed by atoms with E-state index in [0.29, 0.717) is 41.7 Å². The van der Waals surface area contributed by atoms with Crippen LogP contribution in [0.2, 0.25) is 5.02 Å². The zero-order valence-corrected chi connectivity index (χ0v) is 14.7. The first kappa shape index (κ1) is 17.8. The van der Waals surface area contributed by atoms with Crippen LogP contribution in [-0.4, -0.2) is 11.2 Å². The second-order valence-corrected chi connectivity index (χ2v) is 6.24. The third-order valence-electron chi connectivity index (χ3n) is 4.04. The van der Waals surface area contributed by atoms with Crippen LogP contribution in [0.4, 0.5) is 10.1 Å². The van der Waals surface area contributed by atoms with Crippen molar-refractivity contribution >= 4 is 17.3 Å². The van der Waals surface area contributed by atoms with Crippen molar-refractivity contribution in [2.45, 2.75) is 13.0 Å². The Bertz CT molecular complexity index is 927. The number of anilines is 1. The maximum absolute atomic E-state index is 12.9. The van der Waals surface area contributed by atoms with Crippen LogP contribution in [-0.2, 0) is 13.0 Å². The lowest BCUT2D eigenvalue weighted by atomic mass is 10.1. The average molecular weight is 370 g/mol. The Hall–Kier alpha value is -2.97. The van der Waals surface area contributed by atoms with Crippen LogP contribution in [0.5, 0.6) is 5.75 Å². The van der Waals surface area contributed by atoms with Crippen LogP contribution in [0.25, 0.3) is 0 Å². The Morgan fingerprint density at radius 3 is 2.46 bits per heavy atom. The fourth-order valence-electron chi connectivity index (χ4n) is 2.74. The monoisotopic (exact) mass is 369 g/mol. The molecule has 132 valence electrons. The van der Waals surface area contributed by atoms with Crippen LogP contribution in [0.3, 0.4) is 0 Å². The van der Waals surface area contributed by atoms with Crippen molar-refractivity contribution in [1.29, 1.82) is 5.26 Å². The summed E-state index contributed by atoms with van der Waals surface area (Å²) in [4.78, 5) is 0. The maximum atomic E-state index is 12.9. The number of benzene rings is 2. The Morgan fingerprint density at radius 1 is 1.12 bits per heavy atom. The first-order chi connectivity index (χ1) is 12.6. The predicted octanol–water partition coefficient (Wildman–Crippen LogP) is 4.40. The summed E-state index contributed by atoms with van der Waals surface area (Å²) in [5.74, 6) is 0.261. The molecule has 26 heavy (non-hydrogen) atoms. The van der Waals surface area contributed by atoms with E-state index >= 15 is 0 Å². The van der Waals surface area contributed by atoms with E-state index in [4.69, 9.17) is 22.1 Å². The zero-order valence-electron chi connectivity index (χ0n) is 14.0. The number of nitrogen functional groups attached to an aromatic ring is 1. The highest BCUT2D eigenvalue weighted by atomic mass is 35.5. The quantitative estimate of drug-likeness (QED) is 0.700. The number of hydrogen-bond acceptors (Lipinski definition) is 3. The van der Waals surface area contributed by atoms with E-state index in [-0.39, 0.29) is 5.82 Å². The number of ether oxygens (including phenoxy) is 1. The molecule has 0 aliphatic rings. The van der Waals surface area contributed by atoms with Gasteiger partial charge in [-0.25, -0.2) is 4.39 Å². The summed E-state index contributed by atoms with van der Waals surface area (Å²) >= 11 is 5.93. The molecule has 0 spiro atoms. The second-order valence-electron chi connectivity index (χ2n) is 5.80. The van der Waals surface area contributed by atoms with E-state index in [1.54, 1.807) is 18.2 Å². The van der Waals surface area contributed by atoms with E-state index in [2.05, 4.69) is 6.07 Å². The van der Waals surface area contributed by atoms with Crippen LogP contribution >= 0.6 is 11.6 Å². The van der Waals surface area contributed by atoms with Crippen LogP contribution in [0, 0.1) is 17.1 Å². The fourth-order valence-corrected chi connectivity index (χ4v) is 2.86. The Morgan fingerprint density at radius 2 is 1.81 bits per heavy atom. The summed E-state index contributed by atoms with van der Waals surface area (Å²) in [7, 11) is 0. The van der Waals surface area contributed by atoms with Gasteiger partial charge in [-0.15, -0.1) is 0 Å². The largest absolute Gasteiger partial charge is 0.492 e. The number of aromatic nitrogens is 1. The fraction of sp³-hybridized carbons (Fsp3) is 0.150. The van der Waals surface area contributed by atoms with Crippen molar-refractivity contribution < 1.29 is 9.13 Å². The summed E-state index contributed by atoms with van der Waals surface area (Å²) in [6, 6.07) is 17.2. The van der Waals surface area contributed by atoms with Gasteiger partial charge in [-0.2, -0.15) is 5.26 Å². The molecule has 0 aliphatic heterocycles. The van der Waals surface area contributed by atoms with Gasteiger partial charge in [0.15, 0.2) is 0 Å². The smallest absolute Gasteiger partial charge is 0.123 e. The van der Waals surface area contributed by atoms with Gasteiger partial charge in [0.2, 0.25) is 0 Å². The van der Waals surface area contributed by atoms with Gasteiger partial charge in [-0.1, -0.05) is 23.7 Å². The van der Waals surface area contributed by atoms with Crippen molar-refractivity contribution in [1.82, 2.24) is 4.57 Å². The number of halogens is 2. The van der Waals surface area contributed by atoms with Gasteiger partial charge in [0.1, 0.15) is 29.9 Å². The lowest BCUT2D eigenvalue weighted by Crippen LogP contribution is -2.13. The third kappa shape index (κ3) is 4.16. The van der Waals surface area contributed by atoms with Crippen molar-refractivity contribution in [3.63, 3.8) is 0 Å². The molecule has 0 saturated carbocycles. The third-order valence-corrected chi connectivity index (χ3v) is 4.29. The van der Waals surface area contributed by atoms with Crippen molar-refractivity contribution in [3.8, 4) is 11.8 Å². The molecule has 0 aliphatic carbocycles. The molecule has 0 amide bonds. The minimum Gasteiger partial charge on any atom is -0.492 e. The molecule has 0 atom stereocenters. The van der Waals surface area contributed by atoms with E-state index in [1.807, 2.05) is 28.8 Å². The summed E-state index contributed by atoms with van der Waals surface area (Å²) in [6.45, 7) is 0.794. The van der Waals surface area contributed by atoms with Gasteiger partial charge >= 0.3 is 0 Å². The van der Waals surface area contributed by atoms with Crippen LogP contribution in [0.1, 0.15) is 17.0 Å². The molecule has 0 fully saturated rings. The molecular weight excluding hydrogens is 353 g/mol. The molecule has 2 N–H and O–H groups in total. The molecule has 0 bridgehead atoms. The molecule has 3 aromatic rings. The van der Waals surface area contributed by atoms with Crippen molar-refractivity contribution in [3.05, 3.63) is 82.4 Å². The summed E-state index contributed by atoms with van der Waals surface area (Å²) in [5, 5.41) is 10.0. The SMILES string of the molecule is N#Cc1cc(N)c(Cc2ccc(Cl)cc2)n1CCOc1ccc(F)cc1. The molecule has 6 heteroatoms. The number of hydrogen-bond donors (Lipinski definition) is 1. The lowest BCUT2D eigenvalue weighted by molar-refractivity contribution is 0.296. The van der Waals surface area contributed by atoms with Gasteiger partial charge in [0.05, 0.1) is 12.2 Å². The number of rotatable bonds is 6. The van der Waals surface area contributed by atoms with Gasteiger partial charge in [-0.05, 0) is 48.0 Å². The molecule has 0 unspecified atom stereocenters. The highest BCUT2D eigenvalue weighted by Crippen LogP contribution is 2.23. The Balaban J connectivity index is 1.75. The molecule has 1 aromatic heterocycles. The van der Waals surface area contributed by atoms with E-state index in [1.165, 1.54) is 12.1 Å². The van der Waals surface area contributed by atoms with Crippen molar-refractivity contribution in [2.24, 2.45) is 0 Å². The number of nitrogens with two attached hydrogens (primary N) is 1. The molecule has 3 rings (SSSR count). The highest BCUT2D eigenvalue weighted by molar-refractivity contribution is 6.30.